The molecule has 2 nitrogen and oxygen atoms in total. The van der Waals surface area contributed by atoms with Crippen molar-refractivity contribution < 1.29 is 0 Å². The van der Waals surface area contributed by atoms with Crippen LogP contribution in [0.5, 0.6) is 0 Å². The lowest BCUT2D eigenvalue weighted by Gasteiger charge is -2.46. The summed E-state index contributed by atoms with van der Waals surface area (Å²) in [6.07, 6.45) is 0. The van der Waals surface area contributed by atoms with Crippen LogP contribution >= 0.6 is 0 Å². The van der Waals surface area contributed by atoms with Crippen LogP contribution in [-0.4, -0.2) is 4.57 Å². The van der Waals surface area contributed by atoms with E-state index >= 15 is 0 Å². The second-order valence-corrected chi connectivity index (χ2v) is 17.6. The number of fused-ring (bicyclic) bond motifs is 11. The van der Waals surface area contributed by atoms with E-state index in [2.05, 4.69) is 252 Å². The summed E-state index contributed by atoms with van der Waals surface area (Å²) in [7, 11) is 0. The molecule has 0 saturated heterocycles. The largest absolute Gasteiger partial charge is 0.310 e. The Bertz CT molecular complexity index is 3880. The van der Waals surface area contributed by atoms with Crippen LogP contribution in [-0.2, 0) is 5.41 Å². The average molecular weight is 825 g/mol. The van der Waals surface area contributed by atoms with Gasteiger partial charge in [0.25, 0.3) is 0 Å². The van der Waals surface area contributed by atoms with Crippen LogP contribution in [0.1, 0.15) is 22.3 Å². The van der Waals surface area contributed by atoms with Gasteiger partial charge in [-0.15, -0.1) is 0 Å². The summed E-state index contributed by atoms with van der Waals surface area (Å²) in [6, 6.07) is 90.4. The fraction of sp³-hybridized carbons (Fsp3) is 0.0159. The number of benzene rings is 11. The van der Waals surface area contributed by atoms with E-state index < -0.39 is 5.41 Å². The van der Waals surface area contributed by atoms with Crippen LogP contribution in [0.25, 0.3) is 82.4 Å². The zero-order valence-corrected chi connectivity index (χ0v) is 35.5. The Hall–Kier alpha value is -8.46. The Morgan fingerprint density at radius 3 is 1.71 bits per heavy atom. The van der Waals surface area contributed by atoms with Gasteiger partial charge in [0.15, 0.2) is 0 Å². The summed E-state index contributed by atoms with van der Waals surface area (Å²) in [5.41, 5.74) is 19.0. The number of hydrogen-bond acceptors (Lipinski definition) is 1. The maximum Gasteiger partial charge on any atom is 0.0726 e. The lowest BCUT2D eigenvalue weighted by Crippen LogP contribution is -2.36. The predicted molar refractivity (Wildman–Crippen MR) is 272 cm³/mol. The average Bonchev–Trinajstić information content (AvgIpc) is 3.71. The molecule has 1 atom stereocenters. The smallest absolute Gasteiger partial charge is 0.0726 e. The van der Waals surface area contributed by atoms with Gasteiger partial charge >= 0.3 is 0 Å². The normalized spacial score (nSPS) is 14.5. The Kier molecular flexibility index (Phi) is 7.64. The first-order valence-electron chi connectivity index (χ1n) is 22.6. The number of rotatable bonds is 5. The SMILES string of the molecule is c1ccc(-c2ccc3c4c(cccc24)C2(c4ccccc4-c4cccc5cccc2c45)c2cc(N(c4ccccc4)c4ccc5c6ccccc6n(-c6ccccc6)c5c4)ccc2-3)cc1. The Balaban J connectivity index is 1.10. The number of aromatic nitrogens is 1. The van der Waals surface area contributed by atoms with Gasteiger partial charge in [0.1, 0.15) is 0 Å². The summed E-state index contributed by atoms with van der Waals surface area (Å²) < 4.78 is 2.41. The predicted octanol–water partition coefficient (Wildman–Crippen LogP) is 16.6. The Morgan fingerprint density at radius 1 is 0.308 bits per heavy atom. The van der Waals surface area contributed by atoms with Crippen molar-refractivity contribution in [3.8, 4) is 39.1 Å². The molecule has 0 aliphatic heterocycles. The van der Waals surface area contributed by atoms with E-state index in [1.54, 1.807) is 0 Å². The van der Waals surface area contributed by atoms with Crippen molar-refractivity contribution in [1.82, 2.24) is 4.57 Å². The van der Waals surface area contributed by atoms with E-state index in [0.29, 0.717) is 0 Å². The highest BCUT2D eigenvalue weighted by molar-refractivity contribution is 6.14. The third-order valence-corrected chi connectivity index (χ3v) is 14.4. The van der Waals surface area contributed by atoms with Crippen LogP contribution < -0.4 is 4.90 Å². The third-order valence-electron chi connectivity index (χ3n) is 14.4. The molecular weight excluding hydrogens is 785 g/mol. The van der Waals surface area contributed by atoms with E-state index in [4.69, 9.17) is 0 Å². The van der Waals surface area contributed by atoms with Crippen molar-refractivity contribution in [2.45, 2.75) is 5.41 Å². The van der Waals surface area contributed by atoms with Gasteiger partial charge < -0.3 is 9.47 Å². The van der Waals surface area contributed by atoms with Crippen molar-refractivity contribution in [2.75, 3.05) is 4.90 Å². The van der Waals surface area contributed by atoms with Crippen molar-refractivity contribution in [3.05, 3.63) is 265 Å². The van der Waals surface area contributed by atoms with Crippen LogP contribution in [0.3, 0.4) is 0 Å². The first kappa shape index (κ1) is 36.1. The molecule has 65 heavy (non-hydrogen) atoms. The third kappa shape index (κ3) is 4.99. The summed E-state index contributed by atoms with van der Waals surface area (Å²) in [4.78, 5) is 2.46. The number of para-hydroxylation sites is 3. The lowest BCUT2D eigenvalue weighted by molar-refractivity contribution is 0.754. The molecule has 0 bridgehead atoms. The van der Waals surface area contributed by atoms with Crippen LogP contribution in [0.15, 0.2) is 243 Å². The van der Waals surface area contributed by atoms with Gasteiger partial charge in [0.2, 0.25) is 0 Å². The monoisotopic (exact) mass is 824 g/mol. The summed E-state index contributed by atoms with van der Waals surface area (Å²) in [6.45, 7) is 0. The molecule has 1 unspecified atom stereocenters. The molecule has 0 amide bonds. The van der Waals surface area contributed by atoms with E-state index in [9.17, 15) is 0 Å². The summed E-state index contributed by atoms with van der Waals surface area (Å²) in [5.74, 6) is 0. The molecule has 302 valence electrons. The lowest BCUT2D eigenvalue weighted by atomic mass is 9.55. The van der Waals surface area contributed by atoms with Gasteiger partial charge in [0, 0.05) is 33.5 Å². The maximum atomic E-state index is 2.52. The molecule has 2 aliphatic rings. The molecule has 1 spiro atoms. The molecule has 12 aromatic rings. The fourth-order valence-electron chi connectivity index (χ4n) is 11.8. The van der Waals surface area contributed by atoms with Crippen molar-refractivity contribution in [2.24, 2.45) is 0 Å². The topological polar surface area (TPSA) is 8.17 Å². The van der Waals surface area contributed by atoms with E-state index in [-0.39, 0.29) is 0 Å². The quantitative estimate of drug-likeness (QED) is 0.168. The van der Waals surface area contributed by atoms with Crippen LogP contribution in [0.2, 0.25) is 0 Å². The van der Waals surface area contributed by atoms with Crippen molar-refractivity contribution in [1.29, 1.82) is 0 Å². The van der Waals surface area contributed by atoms with Gasteiger partial charge in [-0.25, -0.2) is 0 Å². The van der Waals surface area contributed by atoms with Crippen molar-refractivity contribution in [3.63, 3.8) is 0 Å². The second kappa shape index (κ2) is 13.8. The molecule has 0 N–H and O–H groups in total. The van der Waals surface area contributed by atoms with Crippen molar-refractivity contribution >= 4 is 60.4 Å². The molecule has 0 fully saturated rings. The number of nitrogens with zero attached hydrogens (tertiary/aromatic N) is 2. The zero-order chi connectivity index (χ0) is 42.6. The zero-order valence-electron chi connectivity index (χ0n) is 35.5. The maximum absolute atomic E-state index is 2.52. The minimum atomic E-state index is -0.635. The van der Waals surface area contributed by atoms with Gasteiger partial charge in [0.05, 0.1) is 16.4 Å². The Morgan fingerprint density at radius 2 is 0.862 bits per heavy atom. The number of hydrogen-bond donors (Lipinski definition) is 0. The molecule has 0 saturated carbocycles. The van der Waals surface area contributed by atoms with Crippen LogP contribution in [0, 0.1) is 0 Å². The molecule has 11 aromatic carbocycles. The van der Waals surface area contributed by atoms with Gasteiger partial charge in [-0.1, -0.05) is 188 Å². The molecule has 0 radical (unpaired) electrons. The highest BCUT2D eigenvalue weighted by Gasteiger charge is 2.49. The van der Waals surface area contributed by atoms with Gasteiger partial charge in [-0.05, 0) is 132 Å². The van der Waals surface area contributed by atoms with E-state index in [0.717, 1.165) is 22.7 Å². The van der Waals surface area contributed by atoms with E-state index in [1.165, 1.54) is 99.0 Å². The minimum absolute atomic E-state index is 0.635. The fourth-order valence-corrected chi connectivity index (χ4v) is 11.8. The van der Waals surface area contributed by atoms with E-state index in [1.807, 2.05) is 0 Å². The highest BCUT2D eigenvalue weighted by atomic mass is 15.1. The molecular formula is C63H40N2. The first-order valence-corrected chi connectivity index (χ1v) is 22.6. The molecule has 1 aromatic heterocycles. The second-order valence-electron chi connectivity index (χ2n) is 17.6. The summed E-state index contributed by atoms with van der Waals surface area (Å²) >= 11 is 0. The molecule has 2 heteroatoms. The summed E-state index contributed by atoms with van der Waals surface area (Å²) in [5, 5.41) is 7.65. The standard InChI is InChI=1S/C63H40N2/c1-4-17-41(18-5-1)47-37-38-54-49-35-33-45(64(43-21-6-2-7-22-43)46-34-36-51-50-26-11-13-32-59(50)65(60(51)40-46)44-23-8-3-9-24-44)39-58(49)63(57-31-16-28-52(47)62(54)57)55-29-12-10-25-48(55)53-27-14-19-42-20-15-30-56(63)61(42)53/h1-40H. The molecule has 1 heterocycles. The Labute approximate surface area is 377 Å². The van der Waals surface area contributed by atoms with Crippen LogP contribution in [0.4, 0.5) is 17.1 Å². The molecule has 14 rings (SSSR count). The van der Waals surface area contributed by atoms with Gasteiger partial charge in [-0.2, -0.15) is 0 Å². The molecule has 2 aliphatic carbocycles. The highest BCUT2D eigenvalue weighted by Crippen LogP contribution is 2.62. The first-order chi connectivity index (χ1) is 32.3. The van der Waals surface area contributed by atoms with Gasteiger partial charge in [-0.3, -0.25) is 0 Å². The minimum Gasteiger partial charge on any atom is -0.310 e. The number of anilines is 3.